The average molecular weight is 222 g/mol. The Morgan fingerprint density at radius 1 is 1.12 bits per heavy atom. The Hall–Kier alpha value is -0.0800. The third-order valence-corrected chi connectivity index (χ3v) is 5.30. The predicted octanol–water partition coefficient (Wildman–Crippen LogP) is 2.39. The van der Waals surface area contributed by atoms with Crippen LogP contribution in [-0.4, -0.2) is 36.1 Å². The summed E-state index contributed by atoms with van der Waals surface area (Å²) in [5, 5.41) is 3.71. The Kier molecular flexibility index (Phi) is 2.97. The van der Waals surface area contributed by atoms with Crippen molar-refractivity contribution in [1.29, 1.82) is 0 Å². The van der Waals surface area contributed by atoms with Gasteiger partial charge in [-0.3, -0.25) is 4.90 Å². The lowest BCUT2D eigenvalue weighted by Gasteiger charge is -2.47. The standard InChI is InChI=1S/C14H26N2/c1-12-4-7-14(8-5-12)11-15-9-6-13-3-2-10-16(13)14/h12-13,15H,2-11H2,1H3. The molecule has 3 rings (SSSR count). The minimum absolute atomic E-state index is 0.546. The molecule has 16 heavy (non-hydrogen) atoms. The van der Waals surface area contributed by atoms with Crippen molar-refractivity contribution in [3.63, 3.8) is 0 Å². The number of nitrogens with one attached hydrogen (secondary N) is 1. The van der Waals surface area contributed by atoms with E-state index in [1.165, 1.54) is 64.6 Å². The molecular weight excluding hydrogens is 196 g/mol. The van der Waals surface area contributed by atoms with Crippen LogP contribution < -0.4 is 5.32 Å². The van der Waals surface area contributed by atoms with E-state index in [1.54, 1.807) is 0 Å². The fourth-order valence-electron chi connectivity index (χ4n) is 4.22. The second-order valence-corrected chi connectivity index (χ2v) is 6.36. The van der Waals surface area contributed by atoms with Crippen LogP contribution in [0.3, 0.4) is 0 Å². The number of nitrogens with zero attached hydrogens (tertiary/aromatic N) is 1. The highest BCUT2D eigenvalue weighted by molar-refractivity contribution is 5.02. The van der Waals surface area contributed by atoms with Crippen LogP contribution in [0.2, 0.25) is 0 Å². The molecular formula is C14H26N2. The fraction of sp³-hybridized carbons (Fsp3) is 1.00. The van der Waals surface area contributed by atoms with Gasteiger partial charge in [0.2, 0.25) is 0 Å². The molecule has 2 heterocycles. The van der Waals surface area contributed by atoms with Gasteiger partial charge in [-0.25, -0.2) is 0 Å². The number of hydrogen-bond donors (Lipinski definition) is 1. The molecule has 1 N–H and O–H groups in total. The minimum Gasteiger partial charge on any atom is -0.315 e. The van der Waals surface area contributed by atoms with Gasteiger partial charge in [0.1, 0.15) is 0 Å². The molecule has 92 valence electrons. The Morgan fingerprint density at radius 2 is 1.94 bits per heavy atom. The van der Waals surface area contributed by atoms with Crippen LogP contribution in [0.15, 0.2) is 0 Å². The highest BCUT2D eigenvalue weighted by Gasteiger charge is 2.44. The Bertz CT molecular complexity index is 243. The molecule has 0 amide bonds. The van der Waals surface area contributed by atoms with E-state index in [1.807, 2.05) is 0 Å². The van der Waals surface area contributed by atoms with Gasteiger partial charge < -0.3 is 5.32 Å². The molecule has 2 heteroatoms. The zero-order chi connectivity index (χ0) is 11.0. The van der Waals surface area contributed by atoms with Crippen molar-refractivity contribution < 1.29 is 0 Å². The Morgan fingerprint density at radius 3 is 2.75 bits per heavy atom. The first-order valence-corrected chi connectivity index (χ1v) is 7.28. The summed E-state index contributed by atoms with van der Waals surface area (Å²) in [6, 6.07) is 0.906. The monoisotopic (exact) mass is 222 g/mol. The number of hydrogen-bond acceptors (Lipinski definition) is 2. The summed E-state index contributed by atoms with van der Waals surface area (Å²) in [6.45, 7) is 6.31. The summed E-state index contributed by atoms with van der Waals surface area (Å²) in [5.41, 5.74) is 0.546. The predicted molar refractivity (Wildman–Crippen MR) is 67.6 cm³/mol. The average Bonchev–Trinajstić information content (AvgIpc) is 2.71. The number of fused-ring (bicyclic) bond motifs is 2. The van der Waals surface area contributed by atoms with Crippen molar-refractivity contribution in [3.05, 3.63) is 0 Å². The molecule has 0 radical (unpaired) electrons. The molecule has 1 saturated carbocycles. The van der Waals surface area contributed by atoms with E-state index in [9.17, 15) is 0 Å². The van der Waals surface area contributed by atoms with E-state index >= 15 is 0 Å². The maximum absolute atomic E-state index is 3.71. The van der Waals surface area contributed by atoms with Crippen LogP contribution in [0.4, 0.5) is 0 Å². The molecule has 3 fully saturated rings. The first kappa shape index (κ1) is 11.0. The minimum atomic E-state index is 0.546. The second-order valence-electron chi connectivity index (χ2n) is 6.36. The molecule has 1 aliphatic carbocycles. The normalized spacial score (nSPS) is 45.6. The third kappa shape index (κ3) is 1.80. The smallest absolute Gasteiger partial charge is 0.0337 e. The maximum Gasteiger partial charge on any atom is 0.0337 e. The molecule has 0 aromatic carbocycles. The first-order chi connectivity index (χ1) is 7.80. The lowest BCUT2D eigenvalue weighted by Crippen LogP contribution is -2.55. The first-order valence-electron chi connectivity index (χ1n) is 7.28. The molecule has 1 atom stereocenters. The van der Waals surface area contributed by atoms with Crippen LogP contribution >= 0.6 is 0 Å². The van der Waals surface area contributed by atoms with Gasteiger partial charge in [-0.2, -0.15) is 0 Å². The van der Waals surface area contributed by atoms with Crippen LogP contribution in [-0.2, 0) is 0 Å². The van der Waals surface area contributed by atoms with Gasteiger partial charge in [-0.05, 0) is 64.0 Å². The zero-order valence-corrected chi connectivity index (χ0v) is 10.7. The van der Waals surface area contributed by atoms with Gasteiger partial charge in [-0.1, -0.05) is 6.92 Å². The zero-order valence-electron chi connectivity index (χ0n) is 10.7. The summed E-state index contributed by atoms with van der Waals surface area (Å²) >= 11 is 0. The van der Waals surface area contributed by atoms with Crippen molar-refractivity contribution >= 4 is 0 Å². The molecule has 0 aromatic rings. The summed E-state index contributed by atoms with van der Waals surface area (Å²) in [6.07, 6.45) is 10.1. The fourth-order valence-corrected chi connectivity index (χ4v) is 4.22. The van der Waals surface area contributed by atoms with Crippen molar-refractivity contribution in [2.24, 2.45) is 5.92 Å². The Labute approximate surface area is 99.8 Å². The van der Waals surface area contributed by atoms with Crippen LogP contribution in [0.1, 0.15) is 51.9 Å². The van der Waals surface area contributed by atoms with E-state index in [0.717, 1.165) is 12.0 Å². The SMILES string of the molecule is CC1CCC2(CC1)CNCCC1CCCN12. The second kappa shape index (κ2) is 4.30. The van der Waals surface area contributed by atoms with Crippen molar-refractivity contribution in [3.8, 4) is 0 Å². The largest absolute Gasteiger partial charge is 0.315 e. The highest BCUT2D eigenvalue weighted by Crippen LogP contribution is 2.41. The van der Waals surface area contributed by atoms with Gasteiger partial charge in [0.15, 0.2) is 0 Å². The summed E-state index contributed by atoms with van der Waals surface area (Å²) in [5.74, 6) is 0.968. The molecule has 2 nitrogen and oxygen atoms in total. The van der Waals surface area contributed by atoms with Gasteiger partial charge in [-0.15, -0.1) is 0 Å². The molecule has 0 aromatic heterocycles. The van der Waals surface area contributed by atoms with Crippen molar-refractivity contribution in [2.45, 2.75) is 63.5 Å². The van der Waals surface area contributed by atoms with E-state index in [4.69, 9.17) is 0 Å². The van der Waals surface area contributed by atoms with E-state index in [0.29, 0.717) is 5.54 Å². The van der Waals surface area contributed by atoms with Crippen LogP contribution in [0, 0.1) is 5.92 Å². The van der Waals surface area contributed by atoms with E-state index < -0.39 is 0 Å². The van der Waals surface area contributed by atoms with E-state index in [2.05, 4.69) is 17.1 Å². The number of rotatable bonds is 0. The summed E-state index contributed by atoms with van der Waals surface area (Å²) < 4.78 is 0. The quantitative estimate of drug-likeness (QED) is 0.677. The summed E-state index contributed by atoms with van der Waals surface area (Å²) in [4.78, 5) is 2.90. The molecule has 1 unspecified atom stereocenters. The summed E-state index contributed by atoms with van der Waals surface area (Å²) in [7, 11) is 0. The van der Waals surface area contributed by atoms with Crippen molar-refractivity contribution in [1.82, 2.24) is 10.2 Å². The van der Waals surface area contributed by atoms with Gasteiger partial charge in [0, 0.05) is 18.1 Å². The van der Waals surface area contributed by atoms with Crippen molar-refractivity contribution in [2.75, 3.05) is 19.6 Å². The topological polar surface area (TPSA) is 15.3 Å². The third-order valence-electron chi connectivity index (χ3n) is 5.30. The lowest BCUT2D eigenvalue weighted by atomic mass is 9.75. The van der Waals surface area contributed by atoms with Crippen LogP contribution in [0.25, 0.3) is 0 Å². The van der Waals surface area contributed by atoms with Gasteiger partial charge in [0.25, 0.3) is 0 Å². The molecule has 0 bridgehead atoms. The van der Waals surface area contributed by atoms with Gasteiger partial charge >= 0.3 is 0 Å². The molecule has 1 spiro atoms. The Balaban J connectivity index is 1.80. The maximum atomic E-state index is 3.71. The van der Waals surface area contributed by atoms with Crippen LogP contribution in [0.5, 0.6) is 0 Å². The molecule has 3 aliphatic rings. The van der Waals surface area contributed by atoms with E-state index in [-0.39, 0.29) is 0 Å². The van der Waals surface area contributed by atoms with Gasteiger partial charge in [0.05, 0.1) is 0 Å². The lowest BCUT2D eigenvalue weighted by molar-refractivity contribution is 0.0385. The molecule has 2 saturated heterocycles. The molecule has 2 aliphatic heterocycles. The highest BCUT2D eigenvalue weighted by atomic mass is 15.3.